The summed E-state index contributed by atoms with van der Waals surface area (Å²) < 4.78 is 0. The molecule has 8 nitrogen and oxygen atoms in total. The summed E-state index contributed by atoms with van der Waals surface area (Å²) in [6.45, 7) is 1.27. The molecule has 0 aromatic carbocycles. The van der Waals surface area contributed by atoms with Crippen molar-refractivity contribution in [3.63, 3.8) is 0 Å². The van der Waals surface area contributed by atoms with Crippen molar-refractivity contribution >= 4 is 24.2 Å². The van der Waals surface area contributed by atoms with Crippen molar-refractivity contribution in [2.45, 2.75) is 13.2 Å². The molecule has 0 spiro atoms. The number of urea groups is 1. The zero-order valence-corrected chi connectivity index (χ0v) is 7.34. The first-order valence-corrected chi connectivity index (χ1v) is 3.51. The molecule has 0 bridgehead atoms. The summed E-state index contributed by atoms with van der Waals surface area (Å²) in [6.07, 6.45) is -0.144. The third-order valence-corrected chi connectivity index (χ3v) is 0.786. The fourth-order valence-electron chi connectivity index (χ4n) is 0.369. The van der Waals surface area contributed by atoms with Crippen LogP contribution in [0.1, 0.15) is 6.92 Å². The van der Waals surface area contributed by atoms with E-state index >= 15 is 0 Å². The Balaban J connectivity index is 3.72. The van der Waals surface area contributed by atoms with Crippen LogP contribution in [0, 0.1) is 0 Å². The van der Waals surface area contributed by atoms with E-state index < -0.39 is 12.3 Å². The van der Waals surface area contributed by atoms with E-state index in [1.54, 1.807) is 0 Å². The highest BCUT2D eigenvalue weighted by atomic mass is 16.5. The van der Waals surface area contributed by atoms with Crippen molar-refractivity contribution in [1.82, 2.24) is 10.9 Å². The second-order valence-electron chi connectivity index (χ2n) is 2.11. The Morgan fingerprint density at radius 2 is 1.86 bits per heavy atom. The maximum atomic E-state index is 10.7. The first-order chi connectivity index (χ1) is 6.52. The summed E-state index contributed by atoms with van der Waals surface area (Å²) in [5, 5.41) is 22.9. The number of Topliss-reactive ketones (excluding diaryl/α,β-unsaturated/α-hetero) is 1. The summed E-state index contributed by atoms with van der Waals surface area (Å²) in [6, 6.07) is -0.806. The smallest absolute Gasteiger partial charge is 0.355 e. The minimum absolute atomic E-state index is 0.320. The van der Waals surface area contributed by atoms with Gasteiger partial charge >= 0.3 is 6.03 Å². The summed E-state index contributed by atoms with van der Waals surface area (Å²) in [4.78, 5) is 21.0. The molecule has 0 heterocycles. The number of amides is 2. The van der Waals surface area contributed by atoms with Gasteiger partial charge in [0.05, 0.1) is 12.4 Å². The van der Waals surface area contributed by atoms with E-state index in [-0.39, 0.29) is 5.78 Å². The number of hydrogen-bond acceptors (Lipinski definition) is 6. The van der Waals surface area contributed by atoms with Gasteiger partial charge in [-0.2, -0.15) is 10.2 Å². The van der Waals surface area contributed by atoms with Gasteiger partial charge in [-0.3, -0.25) is 4.79 Å². The Bertz CT molecular complexity index is 261. The van der Waals surface area contributed by atoms with E-state index in [4.69, 9.17) is 10.2 Å². The number of carbonyl (C=O) groups excluding carboxylic acids is 2. The van der Waals surface area contributed by atoms with Crippen LogP contribution in [-0.4, -0.2) is 40.7 Å². The number of carbonyl (C=O) groups is 2. The molecule has 0 aromatic heterocycles. The highest BCUT2D eigenvalue weighted by molar-refractivity contribution is 6.26. The van der Waals surface area contributed by atoms with Gasteiger partial charge in [-0.05, 0) is 0 Å². The van der Waals surface area contributed by atoms with Crippen molar-refractivity contribution in [3.8, 4) is 0 Å². The number of ketones is 1. The van der Waals surface area contributed by atoms with Gasteiger partial charge in [0, 0.05) is 6.92 Å². The number of aliphatic hydroxyl groups is 2. The lowest BCUT2D eigenvalue weighted by molar-refractivity contribution is -0.110. The van der Waals surface area contributed by atoms with Crippen molar-refractivity contribution in [2.24, 2.45) is 10.2 Å². The predicted molar refractivity (Wildman–Crippen MR) is 47.6 cm³/mol. The first-order valence-electron chi connectivity index (χ1n) is 3.51. The third kappa shape index (κ3) is 8.30. The van der Waals surface area contributed by atoms with Gasteiger partial charge in [0.2, 0.25) is 0 Å². The zero-order chi connectivity index (χ0) is 11.0. The zero-order valence-electron chi connectivity index (χ0n) is 7.34. The highest BCUT2D eigenvalue weighted by Gasteiger charge is 1.94. The van der Waals surface area contributed by atoms with Crippen LogP contribution in [0.25, 0.3) is 0 Å². The monoisotopic (exact) mass is 202 g/mol. The molecule has 0 saturated heterocycles. The molecule has 0 aliphatic rings. The Hall–Kier alpha value is -1.80. The van der Waals surface area contributed by atoms with Crippen LogP contribution in [0.5, 0.6) is 0 Å². The molecule has 0 fully saturated rings. The van der Waals surface area contributed by atoms with Gasteiger partial charge in [-0.1, -0.05) is 0 Å². The molecule has 8 heteroatoms. The minimum Gasteiger partial charge on any atom is -0.364 e. The van der Waals surface area contributed by atoms with E-state index in [1.807, 2.05) is 10.9 Å². The fraction of sp³-hybridized carbons (Fsp3) is 0.333. The molecule has 0 aromatic rings. The van der Waals surface area contributed by atoms with Crippen LogP contribution in [0.2, 0.25) is 0 Å². The lowest BCUT2D eigenvalue weighted by Crippen LogP contribution is -2.29. The summed E-state index contributed by atoms with van der Waals surface area (Å²) in [5.74, 6) is -0.320. The van der Waals surface area contributed by atoms with Crippen LogP contribution in [0.4, 0.5) is 4.79 Å². The van der Waals surface area contributed by atoms with E-state index in [1.165, 1.54) is 6.92 Å². The Morgan fingerprint density at radius 3 is 2.36 bits per heavy atom. The Kier molecular flexibility index (Phi) is 5.83. The normalized spacial score (nSPS) is 11.1. The molecule has 2 amide bonds. The summed E-state index contributed by atoms with van der Waals surface area (Å²) >= 11 is 0. The first kappa shape index (κ1) is 12.2. The van der Waals surface area contributed by atoms with Crippen LogP contribution in [0.15, 0.2) is 10.2 Å². The summed E-state index contributed by atoms with van der Waals surface area (Å²) in [5.41, 5.74) is 3.77. The van der Waals surface area contributed by atoms with E-state index in [2.05, 4.69) is 10.2 Å². The maximum absolute atomic E-state index is 10.7. The second kappa shape index (κ2) is 6.69. The number of nitrogens with one attached hydrogen (secondary N) is 2. The van der Waals surface area contributed by atoms with Gasteiger partial charge in [0.1, 0.15) is 0 Å². The SMILES string of the molecule is CC(=O)/C=N/NC(=O)N/N=C/C(O)O. The molecule has 0 atom stereocenters. The van der Waals surface area contributed by atoms with Crippen LogP contribution in [0.3, 0.4) is 0 Å². The molecule has 4 N–H and O–H groups in total. The molecular weight excluding hydrogens is 192 g/mol. The van der Waals surface area contributed by atoms with Crippen molar-refractivity contribution in [1.29, 1.82) is 0 Å². The van der Waals surface area contributed by atoms with Gasteiger partial charge in [-0.15, -0.1) is 0 Å². The van der Waals surface area contributed by atoms with Gasteiger partial charge in [-0.25, -0.2) is 15.6 Å². The number of nitrogens with zero attached hydrogens (tertiary/aromatic N) is 2. The molecule has 14 heavy (non-hydrogen) atoms. The Morgan fingerprint density at radius 1 is 1.29 bits per heavy atom. The van der Waals surface area contributed by atoms with Gasteiger partial charge in [0.25, 0.3) is 0 Å². The third-order valence-electron chi connectivity index (χ3n) is 0.786. The highest BCUT2D eigenvalue weighted by Crippen LogP contribution is 1.69. The van der Waals surface area contributed by atoms with Crippen LogP contribution >= 0.6 is 0 Å². The number of aliphatic hydroxyl groups excluding tert-OH is 1. The number of rotatable bonds is 4. The van der Waals surface area contributed by atoms with E-state index in [0.29, 0.717) is 6.21 Å². The number of hydrazone groups is 2. The van der Waals surface area contributed by atoms with Crippen molar-refractivity contribution < 1.29 is 19.8 Å². The van der Waals surface area contributed by atoms with E-state index in [0.717, 1.165) is 6.21 Å². The van der Waals surface area contributed by atoms with Crippen LogP contribution < -0.4 is 10.9 Å². The average molecular weight is 202 g/mol. The number of hydrogen-bond donors (Lipinski definition) is 4. The topological polar surface area (TPSA) is 123 Å². The maximum Gasteiger partial charge on any atom is 0.355 e. The molecule has 0 radical (unpaired) electrons. The molecule has 0 unspecified atom stereocenters. The summed E-state index contributed by atoms with van der Waals surface area (Å²) in [7, 11) is 0. The lowest BCUT2D eigenvalue weighted by Gasteiger charge is -1.97. The molecule has 0 saturated carbocycles. The molecule has 0 aliphatic heterocycles. The van der Waals surface area contributed by atoms with Crippen molar-refractivity contribution in [3.05, 3.63) is 0 Å². The quantitative estimate of drug-likeness (QED) is 0.243. The second-order valence-corrected chi connectivity index (χ2v) is 2.11. The lowest BCUT2D eigenvalue weighted by atomic mass is 10.5. The predicted octanol–water partition coefficient (Wildman–Crippen LogP) is -1.84. The molecular formula is C6H10N4O4. The molecule has 0 rings (SSSR count). The van der Waals surface area contributed by atoms with Gasteiger partial charge in [0.15, 0.2) is 12.1 Å². The van der Waals surface area contributed by atoms with E-state index in [9.17, 15) is 9.59 Å². The average Bonchev–Trinajstić information content (AvgIpc) is 2.02. The Labute approximate surface area is 79.3 Å². The minimum atomic E-state index is -1.74. The van der Waals surface area contributed by atoms with Crippen LogP contribution in [-0.2, 0) is 4.79 Å². The molecule has 0 aliphatic carbocycles. The molecule has 78 valence electrons. The van der Waals surface area contributed by atoms with Gasteiger partial charge < -0.3 is 10.2 Å². The largest absolute Gasteiger partial charge is 0.364 e. The fourth-order valence-corrected chi connectivity index (χ4v) is 0.369. The standard InChI is InChI=1S/C6H10N4O4/c1-4(11)2-7-9-6(14)10-8-3-5(12)13/h2-3,5,12-13H,1H3,(H2,9,10,14)/b7-2+,8-3+. The van der Waals surface area contributed by atoms with Crippen molar-refractivity contribution in [2.75, 3.05) is 0 Å².